The molecule has 7 nitrogen and oxygen atoms in total. The number of hydrogen-bond donors (Lipinski definition) is 1. The predicted octanol–water partition coefficient (Wildman–Crippen LogP) is 3.95. The molecule has 0 radical (unpaired) electrons. The van der Waals surface area contributed by atoms with Crippen LogP contribution in [-0.2, 0) is 26.2 Å². The van der Waals surface area contributed by atoms with E-state index in [1.165, 1.54) is 36.2 Å². The summed E-state index contributed by atoms with van der Waals surface area (Å²) >= 11 is 12.1. The summed E-state index contributed by atoms with van der Waals surface area (Å²) < 4.78 is 26.8. The number of likely N-dealkylation sites (N-methyl/N-ethyl adjacent to an activating group) is 1. The van der Waals surface area contributed by atoms with Crippen LogP contribution < -0.4 is 5.32 Å². The van der Waals surface area contributed by atoms with Crippen LogP contribution in [0.1, 0.15) is 32.8 Å². The van der Waals surface area contributed by atoms with Gasteiger partial charge in [-0.05, 0) is 56.2 Å². The molecule has 0 saturated carbocycles. The molecule has 2 aromatic carbocycles. The van der Waals surface area contributed by atoms with Gasteiger partial charge in [-0.1, -0.05) is 48.3 Å². The van der Waals surface area contributed by atoms with Gasteiger partial charge in [0.15, 0.2) is 0 Å². The van der Waals surface area contributed by atoms with Gasteiger partial charge in [0, 0.05) is 29.7 Å². The Hall–Kier alpha value is -2.13. The lowest BCUT2D eigenvalue weighted by Crippen LogP contribution is -2.51. The SMILES string of the molecule is CC[C@@H](C)NC(=O)[C@@H](C)N(Cc1ccccc1Cl)C(=O)CN(C)S(=O)(=O)c1ccc(Cl)cc1. The van der Waals surface area contributed by atoms with Crippen molar-refractivity contribution in [1.29, 1.82) is 0 Å². The minimum Gasteiger partial charge on any atom is -0.352 e. The molecular weight excluding hydrogens is 485 g/mol. The molecule has 0 spiro atoms. The molecule has 2 rings (SSSR count). The number of nitrogens with one attached hydrogen (secondary N) is 1. The minimum absolute atomic E-state index is 0.0161. The number of amides is 2. The first kappa shape index (κ1) is 27.1. The molecule has 1 N–H and O–H groups in total. The zero-order valence-electron chi connectivity index (χ0n) is 19.1. The third kappa shape index (κ3) is 7.17. The molecule has 0 aliphatic carbocycles. The molecule has 0 bridgehead atoms. The first-order valence-corrected chi connectivity index (χ1v) is 12.7. The molecule has 2 amide bonds. The van der Waals surface area contributed by atoms with Crippen LogP contribution in [0.15, 0.2) is 53.4 Å². The van der Waals surface area contributed by atoms with E-state index >= 15 is 0 Å². The Kier molecular flexibility index (Phi) is 9.72. The third-order valence-corrected chi connectivity index (χ3v) is 7.78. The van der Waals surface area contributed by atoms with Gasteiger partial charge in [0.2, 0.25) is 21.8 Å². The fraction of sp³-hybridized carbons (Fsp3) is 0.391. The average Bonchev–Trinajstić information content (AvgIpc) is 2.78. The highest BCUT2D eigenvalue weighted by atomic mass is 35.5. The highest BCUT2D eigenvalue weighted by Crippen LogP contribution is 2.21. The van der Waals surface area contributed by atoms with Crippen molar-refractivity contribution < 1.29 is 18.0 Å². The second-order valence-electron chi connectivity index (χ2n) is 7.82. The minimum atomic E-state index is -3.93. The number of carbonyl (C=O) groups is 2. The molecule has 0 saturated heterocycles. The number of nitrogens with zero attached hydrogens (tertiary/aromatic N) is 2. The summed E-state index contributed by atoms with van der Waals surface area (Å²) in [5.74, 6) is -0.852. The van der Waals surface area contributed by atoms with E-state index in [1.54, 1.807) is 31.2 Å². The highest BCUT2D eigenvalue weighted by Gasteiger charge is 2.30. The zero-order valence-corrected chi connectivity index (χ0v) is 21.4. The van der Waals surface area contributed by atoms with Crippen molar-refractivity contribution in [2.75, 3.05) is 13.6 Å². The summed E-state index contributed by atoms with van der Waals surface area (Å²) in [6, 6.07) is 11.8. The van der Waals surface area contributed by atoms with E-state index in [1.807, 2.05) is 13.8 Å². The van der Waals surface area contributed by atoms with E-state index in [-0.39, 0.29) is 23.4 Å². The van der Waals surface area contributed by atoms with Gasteiger partial charge in [0.05, 0.1) is 11.4 Å². The molecule has 0 unspecified atom stereocenters. The summed E-state index contributed by atoms with van der Waals surface area (Å²) in [4.78, 5) is 27.4. The van der Waals surface area contributed by atoms with Crippen molar-refractivity contribution >= 4 is 45.0 Å². The van der Waals surface area contributed by atoms with Gasteiger partial charge in [-0.2, -0.15) is 4.31 Å². The second-order valence-corrected chi connectivity index (χ2v) is 10.7. The maximum Gasteiger partial charge on any atom is 0.243 e. The van der Waals surface area contributed by atoms with Gasteiger partial charge in [-0.3, -0.25) is 9.59 Å². The van der Waals surface area contributed by atoms with Crippen molar-refractivity contribution in [1.82, 2.24) is 14.5 Å². The third-order valence-electron chi connectivity index (χ3n) is 5.35. The monoisotopic (exact) mass is 513 g/mol. The lowest BCUT2D eigenvalue weighted by Gasteiger charge is -2.31. The Labute approximate surface area is 205 Å². The normalized spacial score (nSPS) is 13.4. The lowest BCUT2D eigenvalue weighted by molar-refractivity contribution is -0.140. The Bertz CT molecular complexity index is 1080. The van der Waals surface area contributed by atoms with Crippen molar-refractivity contribution in [2.24, 2.45) is 0 Å². The van der Waals surface area contributed by atoms with Crippen molar-refractivity contribution in [2.45, 2.75) is 50.7 Å². The summed E-state index contributed by atoms with van der Waals surface area (Å²) in [6.07, 6.45) is 0.735. The van der Waals surface area contributed by atoms with E-state index in [0.29, 0.717) is 15.6 Å². The lowest BCUT2D eigenvalue weighted by atomic mass is 10.1. The molecule has 0 heterocycles. The van der Waals surface area contributed by atoms with Crippen molar-refractivity contribution in [3.63, 3.8) is 0 Å². The average molecular weight is 514 g/mol. The van der Waals surface area contributed by atoms with Gasteiger partial charge in [0.25, 0.3) is 0 Å². The smallest absolute Gasteiger partial charge is 0.243 e. The van der Waals surface area contributed by atoms with E-state index < -0.39 is 28.5 Å². The summed E-state index contributed by atoms with van der Waals surface area (Å²) in [5, 5.41) is 3.72. The first-order valence-electron chi connectivity index (χ1n) is 10.5. The molecule has 10 heteroatoms. The maximum atomic E-state index is 13.3. The van der Waals surface area contributed by atoms with Gasteiger partial charge < -0.3 is 10.2 Å². The van der Waals surface area contributed by atoms with Gasteiger partial charge in [0.1, 0.15) is 6.04 Å². The molecule has 0 aromatic heterocycles. The van der Waals surface area contributed by atoms with Gasteiger partial charge >= 0.3 is 0 Å². The van der Waals surface area contributed by atoms with Crippen LogP contribution in [0, 0.1) is 0 Å². The fourth-order valence-electron chi connectivity index (χ4n) is 3.01. The second kappa shape index (κ2) is 11.8. The van der Waals surface area contributed by atoms with Crippen LogP contribution in [-0.4, -0.2) is 55.1 Å². The number of rotatable bonds is 10. The van der Waals surface area contributed by atoms with E-state index in [4.69, 9.17) is 23.2 Å². The van der Waals surface area contributed by atoms with Gasteiger partial charge in [-0.15, -0.1) is 0 Å². The van der Waals surface area contributed by atoms with Crippen LogP contribution >= 0.6 is 23.2 Å². The molecule has 180 valence electrons. The standard InChI is InChI=1S/C23H29Cl2N3O4S/c1-5-16(2)26-23(30)17(3)28(14-18-8-6-7-9-21(18)25)22(29)15-27(4)33(31,32)20-12-10-19(24)11-13-20/h6-13,16-17H,5,14-15H2,1-4H3,(H,26,30)/t16-,17-/m1/s1. The largest absolute Gasteiger partial charge is 0.352 e. The van der Waals surface area contributed by atoms with E-state index in [2.05, 4.69) is 5.32 Å². The molecule has 2 aromatic rings. The molecule has 33 heavy (non-hydrogen) atoms. The van der Waals surface area contributed by atoms with Crippen molar-refractivity contribution in [3.05, 3.63) is 64.1 Å². The zero-order chi connectivity index (χ0) is 24.8. The Morgan fingerprint density at radius 1 is 1.03 bits per heavy atom. The summed E-state index contributed by atoms with van der Waals surface area (Å²) in [5.41, 5.74) is 0.652. The Morgan fingerprint density at radius 2 is 1.64 bits per heavy atom. The van der Waals surface area contributed by atoms with Crippen LogP contribution in [0.2, 0.25) is 10.0 Å². The summed E-state index contributed by atoms with van der Waals surface area (Å²) in [7, 11) is -2.61. The summed E-state index contributed by atoms with van der Waals surface area (Å²) in [6.45, 7) is 5.04. The number of hydrogen-bond acceptors (Lipinski definition) is 4. The predicted molar refractivity (Wildman–Crippen MR) is 131 cm³/mol. The van der Waals surface area contributed by atoms with Crippen LogP contribution in [0.5, 0.6) is 0 Å². The highest BCUT2D eigenvalue weighted by molar-refractivity contribution is 7.89. The van der Waals surface area contributed by atoms with E-state index in [9.17, 15) is 18.0 Å². The Balaban J connectivity index is 2.29. The molecule has 0 aliphatic rings. The Morgan fingerprint density at radius 3 is 2.21 bits per heavy atom. The molecular formula is C23H29Cl2N3O4S. The number of halogens is 2. The van der Waals surface area contributed by atoms with E-state index in [0.717, 1.165) is 10.7 Å². The van der Waals surface area contributed by atoms with Crippen LogP contribution in [0.3, 0.4) is 0 Å². The molecule has 0 fully saturated rings. The fourth-order valence-corrected chi connectivity index (χ4v) is 4.45. The first-order chi connectivity index (χ1) is 15.5. The molecule has 2 atom stereocenters. The topological polar surface area (TPSA) is 86.8 Å². The van der Waals surface area contributed by atoms with Crippen LogP contribution in [0.4, 0.5) is 0 Å². The van der Waals surface area contributed by atoms with Crippen LogP contribution in [0.25, 0.3) is 0 Å². The number of carbonyl (C=O) groups excluding carboxylic acids is 2. The maximum absolute atomic E-state index is 13.3. The number of sulfonamides is 1. The van der Waals surface area contributed by atoms with Crippen molar-refractivity contribution in [3.8, 4) is 0 Å². The molecule has 0 aliphatic heterocycles. The van der Waals surface area contributed by atoms with Gasteiger partial charge in [-0.25, -0.2) is 8.42 Å². The quantitative estimate of drug-likeness (QED) is 0.521. The number of benzene rings is 2.